The van der Waals surface area contributed by atoms with Crippen molar-refractivity contribution in [1.82, 2.24) is 15.1 Å². The Morgan fingerprint density at radius 3 is 2.72 bits per heavy atom. The van der Waals surface area contributed by atoms with E-state index < -0.39 is 0 Å². The Balaban J connectivity index is 1.82. The summed E-state index contributed by atoms with van der Waals surface area (Å²) in [7, 11) is 0. The maximum atomic E-state index is 5.59. The Kier molecular flexibility index (Phi) is 2.84. The summed E-state index contributed by atoms with van der Waals surface area (Å²) < 4.78 is 5.24. The van der Waals surface area contributed by atoms with Gasteiger partial charge in [0.25, 0.3) is 11.8 Å². The zero-order valence-electron chi connectivity index (χ0n) is 10.0. The van der Waals surface area contributed by atoms with Gasteiger partial charge in [0.05, 0.1) is 11.9 Å². The van der Waals surface area contributed by atoms with Gasteiger partial charge in [-0.3, -0.25) is 0 Å². The number of hydrogen-bond donors (Lipinski definition) is 1. The molecule has 0 aliphatic carbocycles. The molecule has 1 fully saturated rings. The molecule has 0 aromatic carbocycles. The lowest BCUT2D eigenvalue weighted by molar-refractivity contribution is 0.425. The van der Waals surface area contributed by atoms with Crippen molar-refractivity contribution in [2.45, 2.75) is 19.3 Å². The van der Waals surface area contributed by atoms with Gasteiger partial charge in [0.1, 0.15) is 5.69 Å². The first-order valence-corrected chi connectivity index (χ1v) is 6.13. The number of anilines is 2. The van der Waals surface area contributed by atoms with E-state index in [0.717, 1.165) is 13.1 Å². The summed E-state index contributed by atoms with van der Waals surface area (Å²) in [5.74, 6) is 1.10. The van der Waals surface area contributed by atoms with Gasteiger partial charge in [0, 0.05) is 13.1 Å². The van der Waals surface area contributed by atoms with E-state index in [2.05, 4.69) is 20.0 Å². The van der Waals surface area contributed by atoms with E-state index in [1.165, 1.54) is 19.3 Å². The smallest absolute Gasteiger partial charge is 0.278 e. The molecule has 0 amide bonds. The van der Waals surface area contributed by atoms with Crippen molar-refractivity contribution in [3.05, 3.63) is 18.3 Å². The van der Waals surface area contributed by atoms with Gasteiger partial charge in [0.2, 0.25) is 0 Å². The van der Waals surface area contributed by atoms with Crippen molar-refractivity contribution in [1.29, 1.82) is 0 Å². The molecule has 6 nitrogen and oxygen atoms in total. The van der Waals surface area contributed by atoms with Gasteiger partial charge in [-0.05, 0) is 36.6 Å². The van der Waals surface area contributed by atoms with Crippen LogP contribution in [0, 0.1) is 0 Å². The minimum absolute atomic E-state index is 0.440. The average Bonchev–Trinajstić information content (AvgIpc) is 2.90. The minimum Gasteiger partial charge on any atom is -0.397 e. The Morgan fingerprint density at radius 2 is 2.00 bits per heavy atom. The summed E-state index contributed by atoms with van der Waals surface area (Å²) in [6.07, 6.45) is 5.23. The number of nitrogen functional groups attached to an aromatic ring is 1. The molecular weight excluding hydrogens is 230 g/mol. The maximum Gasteiger partial charge on any atom is 0.278 e. The molecule has 2 aromatic heterocycles. The number of hydrogen-bond acceptors (Lipinski definition) is 6. The molecule has 1 aliphatic rings. The predicted molar refractivity (Wildman–Crippen MR) is 68.0 cm³/mol. The zero-order valence-corrected chi connectivity index (χ0v) is 10.0. The lowest BCUT2D eigenvalue weighted by atomic mass is 10.1. The first-order chi connectivity index (χ1) is 8.83. The third kappa shape index (κ3) is 2.13. The van der Waals surface area contributed by atoms with E-state index in [4.69, 9.17) is 10.3 Å². The highest BCUT2D eigenvalue weighted by Crippen LogP contribution is 2.21. The highest BCUT2D eigenvalue weighted by molar-refractivity contribution is 5.52. The Bertz CT molecular complexity index is 516. The van der Waals surface area contributed by atoms with Gasteiger partial charge >= 0.3 is 0 Å². The van der Waals surface area contributed by atoms with Crippen LogP contribution < -0.4 is 10.6 Å². The lowest BCUT2D eigenvalue weighted by Gasteiger charge is -2.24. The third-order valence-electron chi connectivity index (χ3n) is 3.06. The maximum absolute atomic E-state index is 5.59. The molecule has 6 heteroatoms. The summed E-state index contributed by atoms with van der Waals surface area (Å²) in [6.45, 7) is 1.99. The molecule has 18 heavy (non-hydrogen) atoms. The summed E-state index contributed by atoms with van der Waals surface area (Å²) in [4.78, 5) is 10.7. The zero-order chi connectivity index (χ0) is 12.4. The monoisotopic (exact) mass is 245 g/mol. The fourth-order valence-electron chi connectivity index (χ4n) is 2.07. The van der Waals surface area contributed by atoms with Crippen molar-refractivity contribution in [3.63, 3.8) is 0 Å². The lowest BCUT2D eigenvalue weighted by Crippen LogP contribution is -2.30. The molecule has 0 spiro atoms. The van der Waals surface area contributed by atoms with Crippen LogP contribution in [0.1, 0.15) is 19.3 Å². The quantitative estimate of drug-likeness (QED) is 0.867. The fraction of sp³-hybridized carbons (Fsp3) is 0.417. The second-order valence-electron chi connectivity index (χ2n) is 4.42. The van der Waals surface area contributed by atoms with Crippen LogP contribution >= 0.6 is 0 Å². The molecule has 3 heterocycles. The van der Waals surface area contributed by atoms with Gasteiger partial charge in [-0.15, -0.1) is 0 Å². The number of aromatic nitrogens is 3. The fourth-order valence-corrected chi connectivity index (χ4v) is 2.07. The van der Waals surface area contributed by atoms with Crippen LogP contribution in [0.2, 0.25) is 0 Å². The molecule has 1 saturated heterocycles. The van der Waals surface area contributed by atoms with Gasteiger partial charge in [0.15, 0.2) is 0 Å². The molecular formula is C12H15N5O. The molecule has 0 atom stereocenters. The topological polar surface area (TPSA) is 81.1 Å². The average molecular weight is 245 g/mol. The number of rotatable bonds is 2. The molecule has 0 bridgehead atoms. The number of pyridine rings is 1. The van der Waals surface area contributed by atoms with Crippen molar-refractivity contribution in [2.75, 3.05) is 23.7 Å². The molecule has 2 aromatic rings. The van der Waals surface area contributed by atoms with E-state index in [0.29, 0.717) is 23.2 Å². The molecule has 1 aliphatic heterocycles. The van der Waals surface area contributed by atoms with Gasteiger partial charge in [-0.25, -0.2) is 4.98 Å². The van der Waals surface area contributed by atoms with Crippen molar-refractivity contribution < 1.29 is 4.52 Å². The van der Waals surface area contributed by atoms with E-state index in [9.17, 15) is 0 Å². The molecule has 2 N–H and O–H groups in total. The van der Waals surface area contributed by atoms with Gasteiger partial charge < -0.3 is 15.2 Å². The van der Waals surface area contributed by atoms with Crippen LogP contribution in [0.4, 0.5) is 11.6 Å². The Morgan fingerprint density at radius 1 is 1.17 bits per heavy atom. The summed E-state index contributed by atoms with van der Waals surface area (Å²) in [5, 5.41) is 4.01. The summed E-state index contributed by atoms with van der Waals surface area (Å²) in [5.41, 5.74) is 6.86. The molecule has 0 unspecified atom stereocenters. The van der Waals surface area contributed by atoms with Crippen LogP contribution in [0.3, 0.4) is 0 Å². The number of nitrogens with two attached hydrogens (primary N) is 1. The molecule has 94 valence electrons. The molecule has 0 radical (unpaired) electrons. The van der Waals surface area contributed by atoms with E-state index in [1.807, 2.05) is 0 Å². The van der Waals surface area contributed by atoms with Crippen molar-refractivity contribution in [2.24, 2.45) is 0 Å². The standard InChI is InChI=1S/C12H15N5O/c13-9-4-5-10(14-8-9)11-15-12(16-18-11)17-6-2-1-3-7-17/h4-5,8H,1-3,6-7,13H2. The number of piperidine rings is 1. The first-order valence-electron chi connectivity index (χ1n) is 6.13. The predicted octanol–water partition coefficient (Wildman–Crippen LogP) is 1.70. The SMILES string of the molecule is Nc1ccc(-c2nc(N3CCCCC3)no2)nc1. The minimum atomic E-state index is 0.440. The summed E-state index contributed by atoms with van der Waals surface area (Å²) >= 11 is 0. The highest BCUT2D eigenvalue weighted by Gasteiger charge is 2.17. The van der Waals surface area contributed by atoms with Gasteiger partial charge in [-0.2, -0.15) is 4.98 Å². The van der Waals surface area contributed by atoms with Gasteiger partial charge in [-0.1, -0.05) is 0 Å². The Hall–Kier alpha value is -2.11. The van der Waals surface area contributed by atoms with Crippen LogP contribution in [-0.4, -0.2) is 28.2 Å². The van der Waals surface area contributed by atoms with E-state index >= 15 is 0 Å². The van der Waals surface area contributed by atoms with E-state index in [1.54, 1.807) is 18.3 Å². The van der Waals surface area contributed by atoms with Crippen molar-refractivity contribution >= 4 is 11.6 Å². The van der Waals surface area contributed by atoms with Crippen LogP contribution in [-0.2, 0) is 0 Å². The largest absolute Gasteiger partial charge is 0.397 e. The van der Waals surface area contributed by atoms with Crippen LogP contribution in [0.15, 0.2) is 22.9 Å². The highest BCUT2D eigenvalue weighted by atomic mass is 16.5. The Labute approximate surface area is 105 Å². The van der Waals surface area contributed by atoms with E-state index in [-0.39, 0.29) is 0 Å². The van der Waals surface area contributed by atoms with Crippen LogP contribution in [0.25, 0.3) is 11.6 Å². The molecule has 0 saturated carbocycles. The third-order valence-corrected chi connectivity index (χ3v) is 3.06. The summed E-state index contributed by atoms with van der Waals surface area (Å²) in [6, 6.07) is 3.55. The number of nitrogens with zero attached hydrogens (tertiary/aromatic N) is 4. The molecule has 3 rings (SSSR count). The first kappa shape index (κ1) is 11.0. The normalized spacial score (nSPS) is 15.9. The second-order valence-corrected chi connectivity index (χ2v) is 4.42. The van der Waals surface area contributed by atoms with Crippen LogP contribution in [0.5, 0.6) is 0 Å². The second kappa shape index (κ2) is 4.64. The van der Waals surface area contributed by atoms with Crippen molar-refractivity contribution in [3.8, 4) is 11.6 Å².